The molecule has 3 aromatic heterocycles. The van der Waals surface area contributed by atoms with Gasteiger partial charge in [-0.05, 0) is 18.9 Å². The SMILES string of the molecule is O=C(O)C(F)(F)F.OCCC(CCO)n1cc(-c2ncnc3[nH]ccc23)cn1. The number of nitrogens with zero attached hydrogens (tertiary/aromatic N) is 4. The van der Waals surface area contributed by atoms with Gasteiger partial charge in [0.15, 0.2) is 0 Å². The molecule has 3 aromatic rings. The highest BCUT2D eigenvalue weighted by Crippen LogP contribution is 2.26. The van der Waals surface area contributed by atoms with E-state index in [1.165, 1.54) is 6.33 Å². The van der Waals surface area contributed by atoms with Crippen LogP contribution in [0.2, 0.25) is 0 Å². The number of aliphatic carboxylic acids is 1. The van der Waals surface area contributed by atoms with Gasteiger partial charge in [0, 0.05) is 36.6 Å². The Morgan fingerprint density at radius 1 is 1.21 bits per heavy atom. The summed E-state index contributed by atoms with van der Waals surface area (Å²) < 4.78 is 33.5. The minimum absolute atomic E-state index is 0.0164. The molecule has 0 saturated carbocycles. The van der Waals surface area contributed by atoms with Crippen molar-refractivity contribution in [2.24, 2.45) is 0 Å². The van der Waals surface area contributed by atoms with Gasteiger partial charge >= 0.3 is 12.1 Å². The first-order valence-corrected chi connectivity index (χ1v) is 8.12. The van der Waals surface area contributed by atoms with Crippen molar-refractivity contribution < 1.29 is 33.3 Å². The summed E-state index contributed by atoms with van der Waals surface area (Å²) >= 11 is 0. The van der Waals surface area contributed by atoms with Gasteiger partial charge in [-0.25, -0.2) is 14.8 Å². The number of rotatable bonds is 6. The number of aliphatic hydroxyl groups is 2. The zero-order valence-electron chi connectivity index (χ0n) is 14.5. The van der Waals surface area contributed by atoms with Crippen molar-refractivity contribution in [1.82, 2.24) is 24.7 Å². The summed E-state index contributed by atoms with van der Waals surface area (Å²) in [7, 11) is 0. The third kappa shape index (κ3) is 5.27. The molecule has 152 valence electrons. The predicted octanol–water partition coefficient (Wildman–Crippen LogP) is 1.76. The number of aliphatic hydroxyl groups excluding tert-OH is 2. The Bertz CT molecular complexity index is 903. The van der Waals surface area contributed by atoms with E-state index in [1.54, 1.807) is 10.9 Å². The third-order valence-corrected chi connectivity index (χ3v) is 3.77. The van der Waals surface area contributed by atoms with Crippen LogP contribution in [-0.4, -0.2) is 65.4 Å². The predicted molar refractivity (Wildman–Crippen MR) is 91.2 cm³/mol. The van der Waals surface area contributed by atoms with Crippen molar-refractivity contribution in [2.45, 2.75) is 25.1 Å². The highest BCUT2D eigenvalue weighted by atomic mass is 19.4. The average Bonchev–Trinajstić information content (AvgIpc) is 3.30. The number of carboxylic acid groups (broad SMARTS) is 1. The zero-order chi connectivity index (χ0) is 20.7. The van der Waals surface area contributed by atoms with Crippen molar-refractivity contribution >= 4 is 17.0 Å². The molecular weight excluding hydrogens is 383 g/mol. The lowest BCUT2D eigenvalue weighted by Crippen LogP contribution is -2.21. The lowest BCUT2D eigenvalue weighted by Gasteiger charge is -2.14. The molecule has 3 heterocycles. The number of hydrogen-bond donors (Lipinski definition) is 4. The molecule has 0 bridgehead atoms. The number of aromatic amines is 1. The van der Waals surface area contributed by atoms with Crippen LogP contribution >= 0.6 is 0 Å². The van der Waals surface area contributed by atoms with Crippen LogP contribution in [0.3, 0.4) is 0 Å². The van der Waals surface area contributed by atoms with Gasteiger partial charge in [-0.2, -0.15) is 18.3 Å². The maximum absolute atomic E-state index is 10.6. The normalized spacial score (nSPS) is 11.5. The number of carbonyl (C=O) groups is 1. The highest BCUT2D eigenvalue weighted by molar-refractivity contribution is 5.89. The molecule has 0 aliphatic heterocycles. The topological polar surface area (TPSA) is 137 Å². The minimum Gasteiger partial charge on any atom is -0.475 e. The van der Waals surface area contributed by atoms with Crippen LogP contribution in [-0.2, 0) is 4.79 Å². The molecule has 0 spiro atoms. The largest absolute Gasteiger partial charge is 0.490 e. The molecule has 0 aliphatic rings. The summed E-state index contributed by atoms with van der Waals surface area (Å²) in [5.41, 5.74) is 2.50. The highest BCUT2D eigenvalue weighted by Gasteiger charge is 2.38. The van der Waals surface area contributed by atoms with Gasteiger partial charge in [0.25, 0.3) is 0 Å². The monoisotopic (exact) mass is 401 g/mol. The number of H-pyrrole nitrogens is 1. The fourth-order valence-electron chi connectivity index (χ4n) is 2.47. The minimum atomic E-state index is -5.08. The second-order valence-electron chi connectivity index (χ2n) is 5.65. The number of fused-ring (bicyclic) bond motifs is 1. The second-order valence-corrected chi connectivity index (χ2v) is 5.65. The van der Waals surface area contributed by atoms with E-state index >= 15 is 0 Å². The Morgan fingerprint density at radius 2 is 1.86 bits per heavy atom. The first-order valence-electron chi connectivity index (χ1n) is 8.12. The van der Waals surface area contributed by atoms with Crippen LogP contribution in [0.25, 0.3) is 22.3 Å². The number of halogens is 3. The van der Waals surface area contributed by atoms with Gasteiger partial charge in [0.05, 0.1) is 17.9 Å². The molecule has 9 nitrogen and oxygen atoms in total. The van der Waals surface area contributed by atoms with Crippen LogP contribution in [0.4, 0.5) is 13.2 Å². The van der Waals surface area contributed by atoms with E-state index in [1.807, 2.05) is 18.5 Å². The first kappa shape index (κ1) is 21.3. The Morgan fingerprint density at radius 3 is 2.43 bits per heavy atom. The van der Waals surface area contributed by atoms with Crippen molar-refractivity contribution in [2.75, 3.05) is 13.2 Å². The van der Waals surface area contributed by atoms with Gasteiger partial charge in [-0.15, -0.1) is 0 Å². The van der Waals surface area contributed by atoms with E-state index in [4.69, 9.17) is 20.1 Å². The fraction of sp³-hybridized carbons (Fsp3) is 0.375. The molecule has 0 aromatic carbocycles. The van der Waals surface area contributed by atoms with Crippen LogP contribution in [0.15, 0.2) is 31.0 Å². The molecule has 28 heavy (non-hydrogen) atoms. The van der Waals surface area contributed by atoms with E-state index in [0.29, 0.717) is 12.8 Å². The number of aromatic nitrogens is 5. The van der Waals surface area contributed by atoms with Crippen LogP contribution < -0.4 is 0 Å². The molecule has 0 saturated heterocycles. The molecule has 0 amide bonds. The number of alkyl halides is 3. The smallest absolute Gasteiger partial charge is 0.475 e. The van der Waals surface area contributed by atoms with Crippen molar-refractivity contribution in [3.05, 3.63) is 31.0 Å². The van der Waals surface area contributed by atoms with Gasteiger partial charge in [0.2, 0.25) is 0 Å². The molecule has 0 atom stereocenters. The Kier molecular flexibility index (Phi) is 7.06. The fourth-order valence-corrected chi connectivity index (χ4v) is 2.47. The van der Waals surface area contributed by atoms with Gasteiger partial charge in [-0.1, -0.05) is 0 Å². The summed E-state index contributed by atoms with van der Waals surface area (Å²) in [6.07, 6.45) is 3.02. The maximum Gasteiger partial charge on any atom is 0.490 e. The second kappa shape index (κ2) is 9.28. The Balaban J connectivity index is 0.000000345. The number of nitrogens with one attached hydrogen (secondary N) is 1. The van der Waals surface area contributed by atoms with Crippen molar-refractivity contribution in [3.8, 4) is 11.3 Å². The quantitative estimate of drug-likeness (QED) is 0.494. The van der Waals surface area contributed by atoms with Gasteiger partial charge in [0.1, 0.15) is 12.0 Å². The van der Waals surface area contributed by atoms with E-state index in [9.17, 15) is 13.2 Å². The molecule has 3 rings (SSSR count). The van der Waals surface area contributed by atoms with Crippen molar-refractivity contribution in [3.63, 3.8) is 0 Å². The average molecular weight is 401 g/mol. The van der Waals surface area contributed by atoms with Crippen LogP contribution in [0.5, 0.6) is 0 Å². The number of hydrogen-bond acceptors (Lipinski definition) is 6. The standard InChI is InChI=1S/C14H17N5O2.C2HF3O2/c20-5-2-11(3-6-21)19-8-10(7-18-19)13-12-1-4-15-14(12)17-9-16-13;3-2(4,5)1(6)7/h1,4,7-9,11,20-21H,2-3,5-6H2,(H,15,16,17);(H,6,7). The van der Waals surface area contributed by atoms with Crippen LogP contribution in [0.1, 0.15) is 18.9 Å². The van der Waals surface area contributed by atoms with E-state index in [2.05, 4.69) is 20.1 Å². The lowest BCUT2D eigenvalue weighted by molar-refractivity contribution is -0.192. The van der Waals surface area contributed by atoms with Gasteiger partial charge < -0.3 is 20.3 Å². The van der Waals surface area contributed by atoms with Gasteiger partial charge in [-0.3, -0.25) is 4.68 Å². The van der Waals surface area contributed by atoms with E-state index in [-0.39, 0.29) is 19.3 Å². The van der Waals surface area contributed by atoms with Crippen molar-refractivity contribution in [1.29, 1.82) is 0 Å². The molecule has 0 unspecified atom stereocenters. The first-order chi connectivity index (χ1) is 13.3. The number of carboxylic acids is 1. The summed E-state index contributed by atoms with van der Waals surface area (Å²) in [4.78, 5) is 20.5. The lowest BCUT2D eigenvalue weighted by atomic mass is 10.1. The molecule has 4 N–H and O–H groups in total. The molecule has 0 aliphatic carbocycles. The zero-order valence-corrected chi connectivity index (χ0v) is 14.5. The summed E-state index contributed by atoms with van der Waals surface area (Å²) in [5, 5.41) is 30.6. The maximum atomic E-state index is 10.6. The van der Waals surface area contributed by atoms with E-state index < -0.39 is 12.1 Å². The Hall–Kier alpha value is -2.99. The van der Waals surface area contributed by atoms with Crippen LogP contribution in [0, 0.1) is 0 Å². The Labute approximate surface area is 156 Å². The summed E-state index contributed by atoms with van der Waals surface area (Å²) in [6.45, 7) is 0.130. The molecular formula is C16H18F3N5O4. The van der Waals surface area contributed by atoms with E-state index in [0.717, 1.165) is 22.3 Å². The molecule has 0 radical (unpaired) electrons. The summed E-state index contributed by atoms with van der Waals surface area (Å²) in [5.74, 6) is -2.76. The molecule has 12 heteroatoms. The summed E-state index contributed by atoms with van der Waals surface area (Å²) in [6, 6.07) is 1.92. The third-order valence-electron chi connectivity index (χ3n) is 3.77. The molecule has 0 fully saturated rings.